The standard InChI is InChI=1S/C10H6N2O3/c13-6-11-7-5-9(10(14)15)12-4-2-1-3-8(7)12/h1-5H,(H,14,15). The fourth-order valence-corrected chi connectivity index (χ4v) is 1.44. The van der Waals surface area contributed by atoms with Gasteiger partial charge in [-0.05, 0) is 18.2 Å². The van der Waals surface area contributed by atoms with Crippen LogP contribution in [0.15, 0.2) is 35.5 Å². The molecule has 0 unspecified atom stereocenters. The van der Waals surface area contributed by atoms with Gasteiger partial charge in [-0.15, -0.1) is 0 Å². The number of carboxylic acid groups (broad SMARTS) is 1. The number of isocyanates is 1. The molecular formula is C10H6N2O3. The van der Waals surface area contributed by atoms with Gasteiger partial charge in [-0.2, -0.15) is 4.99 Å². The summed E-state index contributed by atoms with van der Waals surface area (Å²) in [7, 11) is 0. The van der Waals surface area contributed by atoms with Crippen LogP contribution in [0.25, 0.3) is 5.52 Å². The molecule has 2 rings (SSSR count). The van der Waals surface area contributed by atoms with Gasteiger partial charge in [0.2, 0.25) is 6.08 Å². The van der Waals surface area contributed by atoms with E-state index >= 15 is 0 Å². The molecule has 2 aromatic heterocycles. The summed E-state index contributed by atoms with van der Waals surface area (Å²) in [6.45, 7) is 0. The molecular weight excluding hydrogens is 196 g/mol. The van der Waals surface area contributed by atoms with E-state index in [0.717, 1.165) is 0 Å². The minimum Gasteiger partial charge on any atom is -0.477 e. The first-order valence-corrected chi connectivity index (χ1v) is 4.15. The number of nitrogens with zero attached hydrogens (tertiary/aromatic N) is 2. The molecule has 0 aliphatic carbocycles. The quantitative estimate of drug-likeness (QED) is 0.593. The number of aliphatic imine (C=N–C) groups is 1. The second kappa shape index (κ2) is 3.40. The van der Waals surface area contributed by atoms with Crippen molar-refractivity contribution in [2.45, 2.75) is 0 Å². The number of fused-ring (bicyclic) bond motifs is 1. The minimum atomic E-state index is -1.07. The Morgan fingerprint density at radius 2 is 2.27 bits per heavy atom. The summed E-state index contributed by atoms with van der Waals surface area (Å²) in [6, 6.07) is 6.46. The van der Waals surface area contributed by atoms with Crippen LogP contribution in [0.5, 0.6) is 0 Å². The van der Waals surface area contributed by atoms with Crippen molar-refractivity contribution in [2.75, 3.05) is 0 Å². The van der Waals surface area contributed by atoms with Crippen LogP contribution >= 0.6 is 0 Å². The average molecular weight is 202 g/mol. The number of carboxylic acids is 1. The van der Waals surface area contributed by atoms with Crippen LogP contribution in [-0.2, 0) is 4.79 Å². The van der Waals surface area contributed by atoms with Crippen molar-refractivity contribution in [3.63, 3.8) is 0 Å². The lowest BCUT2D eigenvalue weighted by Crippen LogP contribution is -2.00. The van der Waals surface area contributed by atoms with E-state index in [4.69, 9.17) is 5.11 Å². The molecule has 0 amide bonds. The number of pyridine rings is 1. The largest absolute Gasteiger partial charge is 0.477 e. The molecule has 0 saturated heterocycles. The zero-order chi connectivity index (χ0) is 10.8. The lowest BCUT2D eigenvalue weighted by atomic mass is 10.4. The van der Waals surface area contributed by atoms with E-state index in [-0.39, 0.29) is 5.69 Å². The summed E-state index contributed by atoms with van der Waals surface area (Å²) in [5.74, 6) is -1.07. The highest BCUT2D eigenvalue weighted by atomic mass is 16.4. The molecule has 0 radical (unpaired) electrons. The smallest absolute Gasteiger partial charge is 0.352 e. The molecule has 0 saturated carbocycles. The van der Waals surface area contributed by atoms with Gasteiger partial charge >= 0.3 is 5.97 Å². The molecule has 15 heavy (non-hydrogen) atoms. The monoisotopic (exact) mass is 202 g/mol. The van der Waals surface area contributed by atoms with Crippen molar-refractivity contribution in [3.05, 3.63) is 36.2 Å². The van der Waals surface area contributed by atoms with Gasteiger partial charge in [0, 0.05) is 6.20 Å². The SMILES string of the molecule is O=C=Nc1cc(C(=O)O)n2ccccc12. The molecule has 0 bridgehead atoms. The van der Waals surface area contributed by atoms with Crippen LogP contribution in [0.1, 0.15) is 10.5 Å². The first kappa shape index (κ1) is 9.18. The van der Waals surface area contributed by atoms with Gasteiger partial charge < -0.3 is 9.51 Å². The zero-order valence-electron chi connectivity index (χ0n) is 7.54. The molecule has 0 aliphatic heterocycles. The van der Waals surface area contributed by atoms with Crippen molar-refractivity contribution in [3.8, 4) is 0 Å². The normalized spacial score (nSPS) is 9.87. The molecule has 2 aromatic rings. The van der Waals surface area contributed by atoms with E-state index < -0.39 is 5.97 Å². The predicted octanol–water partition coefficient (Wildman–Crippen LogP) is 1.60. The number of hydrogen-bond donors (Lipinski definition) is 1. The van der Waals surface area contributed by atoms with Crippen molar-refractivity contribution in [1.29, 1.82) is 0 Å². The predicted molar refractivity (Wildman–Crippen MR) is 52.1 cm³/mol. The Morgan fingerprint density at radius 3 is 2.93 bits per heavy atom. The van der Waals surface area contributed by atoms with E-state index in [1.807, 2.05) is 0 Å². The number of aromatic nitrogens is 1. The zero-order valence-corrected chi connectivity index (χ0v) is 7.54. The maximum Gasteiger partial charge on any atom is 0.352 e. The molecule has 1 N–H and O–H groups in total. The van der Waals surface area contributed by atoms with Gasteiger partial charge in [-0.3, -0.25) is 0 Å². The maximum absolute atomic E-state index is 10.9. The molecule has 0 fully saturated rings. The Labute approximate surface area is 84.3 Å². The van der Waals surface area contributed by atoms with Crippen molar-refractivity contribution < 1.29 is 14.7 Å². The van der Waals surface area contributed by atoms with Crippen LogP contribution in [-0.4, -0.2) is 21.6 Å². The minimum absolute atomic E-state index is 0.0691. The third kappa shape index (κ3) is 1.41. The van der Waals surface area contributed by atoms with Gasteiger partial charge in [0.15, 0.2) is 0 Å². The molecule has 2 heterocycles. The van der Waals surface area contributed by atoms with E-state index in [1.165, 1.54) is 16.5 Å². The van der Waals surface area contributed by atoms with E-state index in [0.29, 0.717) is 11.2 Å². The lowest BCUT2D eigenvalue weighted by molar-refractivity contribution is 0.0689. The highest BCUT2D eigenvalue weighted by Crippen LogP contribution is 2.24. The summed E-state index contributed by atoms with van der Waals surface area (Å²) >= 11 is 0. The number of aromatic carboxylic acids is 1. The van der Waals surface area contributed by atoms with Crippen molar-refractivity contribution in [2.24, 2.45) is 4.99 Å². The second-order valence-corrected chi connectivity index (χ2v) is 2.88. The summed E-state index contributed by atoms with van der Waals surface area (Å²) in [5, 5.41) is 8.90. The molecule has 0 spiro atoms. The number of rotatable bonds is 2. The highest BCUT2D eigenvalue weighted by Gasteiger charge is 2.12. The number of hydrogen-bond acceptors (Lipinski definition) is 3. The summed E-state index contributed by atoms with van der Waals surface area (Å²) in [5.41, 5.74) is 0.945. The third-order valence-corrected chi connectivity index (χ3v) is 2.04. The number of carbonyl (C=O) groups is 1. The Bertz CT molecular complexity index is 543. The van der Waals surface area contributed by atoms with Gasteiger partial charge in [-0.1, -0.05) is 6.07 Å². The Balaban J connectivity index is 2.84. The van der Waals surface area contributed by atoms with Crippen LogP contribution in [0, 0.1) is 0 Å². The van der Waals surface area contributed by atoms with Crippen LogP contribution in [0.4, 0.5) is 5.69 Å². The lowest BCUT2D eigenvalue weighted by Gasteiger charge is -1.95. The third-order valence-electron chi connectivity index (χ3n) is 2.04. The van der Waals surface area contributed by atoms with Gasteiger partial charge in [0.05, 0.1) is 5.52 Å². The summed E-state index contributed by atoms with van der Waals surface area (Å²) < 4.78 is 1.46. The van der Waals surface area contributed by atoms with Gasteiger partial charge in [0.1, 0.15) is 11.4 Å². The van der Waals surface area contributed by atoms with Crippen molar-refractivity contribution >= 4 is 23.3 Å². The molecule has 0 atom stereocenters. The molecule has 0 aliphatic rings. The maximum atomic E-state index is 10.9. The fourth-order valence-electron chi connectivity index (χ4n) is 1.44. The molecule has 5 nitrogen and oxygen atoms in total. The Kier molecular flexibility index (Phi) is 2.08. The number of carbonyl (C=O) groups excluding carboxylic acids is 1. The summed E-state index contributed by atoms with van der Waals surface area (Å²) in [4.78, 5) is 24.5. The van der Waals surface area contributed by atoms with E-state index in [1.54, 1.807) is 24.4 Å². The summed E-state index contributed by atoms with van der Waals surface area (Å²) in [6.07, 6.45) is 3.00. The van der Waals surface area contributed by atoms with Crippen LogP contribution < -0.4 is 0 Å². The first-order chi connectivity index (χ1) is 7.24. The van der Waals surface area contributed by atoms with Crippen molar-refractivity contribution in [1.82, 2.24) is 4.40 Å². The van der Waals surface area contributed by atoms with Crippen LogP contribution in [0.2, 0.25) is 0 Å². The second-order valence-electron chi connectivity index (χ2n) is 2.88. The van der Waals surface area contributed by atoms with E-state index in [2.05, 4.69) is 4.99 Å². The molecule has 0 aromatic carbocycles. The topological polar surface area (TPSA) is 71.1 Å². The fraction of sp³-hybridized carbons (Fsp3) is 0. The van der Waals surface area contributed by atoms with Gasteiger partial charge in [0.25, 0.3) is 0 Å². The van der Waals surface area contributed by atoms with Crippen LogP contribution in [0.3, 0.4) is 0 Å². The molecule has 74 valence electrons. The van der Waals surface area contributed by atoms with E-state index in [9.17, 15) is 9.59 Å². The highest BCUT2D eigenvalue weighted by molar-refractivity contribution is 5.91. The average Bonchev–Trinajstić information content (AvgIpc) is 2.59. The molecule has 5 heteroatoms. The Hall–Kier alpha value is -2.39. The van der Waals surface area contributed by atoms with Gasteiger partial charge in [-0.25, -0.2) is 9.59 Å². The first-order valence-electron chi connectivity index (χ1n) is 4.15. The Morgan fingerprint density at radius 1 is 1.47 bits per heavy atom.